The van der Waals surface area contributed by atoms with Gasteiger partial charge < -0.3 is 20.4 Å². The molecule has 0 aliphatic heterocycles. The molecule has 8 heteroatoms. The quantitative estimate of drug-likeness (QED) is 0.790. The maximum atomic E-state index is 12.2. The van der Waals surface area contributed by atoms with Crippen LogP contribution < -0.4 is 15.8 Å². The Morgan fingerprint density at radius 1 is 1.36 bits per heavy atom. The number of benzene rings is 1. The SMILES string of the molecule is C[C@@H](NC(=O)c1ccc(OCC(N)=O)cc1)c1nncn1C. The fourth-order valence-corrected chi connectivity index (χ4v) is 1.89. The van der Waals surface area contributed by atoms with Crippen LogP contribution in [0.4, 0.5) is 0 Å². The molecule has 1 heterocycles. The molecule has 1 aromatic heterocycles. The lowest BCUT2D eigenvalue weighted by Gasteiger charge is -2.13. The summed E-state index contributed by atoms with van der Waals surface area (Å²) in [5, 5.41) is 10.6. The number of nitrogens with zero attached hydrogens (tertiary/aromatic N) is 3. The van der Waals surface area contributed by atoms with E-state index in [1.807, 2.05) is 14.0 Å². The Kier molecular flexibility index (Phi) is 4.72. The Bertz CT molecular complexity index is 665. The third-order valence-corrected chi connectivity index (χ3v) is 2.98. The van der Waals surface area contributed by atoms with Crippen LogP contribution in [0, 0.1) is 0 Å². The number of ether oxygens (including phenoxy) is 1. The lowest BCUT2D eigenvalue weighted by Crippen LogP contribution is -2.28. The monoisotopic (exact) mass is 303 g/mol. The number of carbonyl (C=O) groups excluding carboxylic acids is 2. The van der Waals surface area contributed by atoms with E-state index < -0.39 is 5.91 Å². The zero-order valence-electron chi connectivity index (χ0n) is 12.3. The number of amides is 2. The van der Waals surface area contributed by atoms with E-state index in [9.17, 15) is 9.59 Å². The van der Waals surface area contributed by atoms with Gasteiger partial charge in [0.2, 0.25) is 0 Å². The van der Waals surface area contributed by atoms with Crippen molar-refractivity contribution in [3.8, 4) is 5.75 Å². The Hall–Kier alpha value is -2.90. The zero-order chi connectivity index (χ0) is 16.1. The van der Waals surface area contributed by atoms with Crippen LogP contribution in [0.5, 0.6) is 5.75 Å². The van der Waals surface area contributed by atoms with Crippen molar-refractivity contribution in [2.24, 2.45) is 12.8 Å². The van der Waals surface area contributed by atoms with Crippen molar-refractivity contribution < 1.29 is 14.3 Å². The minimum Gasteiger partial charge on any atom is -0.484 e. The predicted molar refractivity (Wildman–Crippen MR) is 78.0 cm³/mol. The normalized spacial score (nSPS) is 11.7. The summed E-state index contributed by atoms with van der Waals surface area (Å²) in [6, 6.07) is 6.14. The maximum absolute atomic E-state index is 12.2. The lowest BCUT2D eigenvalue weighted by atomic mass is 10.2. The van der Waals surface area contributed by atoms with Gasteiger partial charge in [0.1, 0.15) is 12.1 Å². The summed E-state index contributed by atoms with van der Waals surface area (Å²) in [4.78, 5) is 22.8. The van der Waals surface area contributed by atoms with Gasteiger partial charge in [-0.1, -0.05) is 0 Å². The van der Waals surface area contributed by atoms with Crippen LogP contribution in [-0.4, -0.2) is 33.2 Å². The second-order valence-corrected chi connectivity index (χ2v) is 4.77. The second kappa shape index (κ2) is 6.70. The van der Waals surface area contributed by atoms with Crippen LogP contribution in [0.2, 0.25) is 0 Å². The highest BCUT2D eigenvalue weighted by molar-refractivity contribution is 5.94. The number of nitrogens with one attached hydrogen (secondary N) is 1. The fraction of sp³-hybridized carbons (Fsp3) is 0.286. The van der Waals surface area contributed by atoms with Crippen molar-refractivity contribution >= 4 is 11.8 Å². The molecule has 0 bridgehead atoms. The van der Waals surface area contributed by atoms with Gasteiger partial charge in [0.05, 0.1) is 6.04 Å². The third-order valence-electron chi connectivity index (χ3n) is 2.98. The molecule has 116 valence electrons. The van der Waals surface area contributed by atoms with Crippen LogP contribution in [-0.2, 0) is 11.8 Å². The second-order valence-electron chi connectivity index (χ2n) is 4.77. The molecule has 8 nitrogen and oxygen atoms in total. The van der Waals surface area contributed by atoms with E-state index in [-0.39, 0.29) is 18.6 Å². The van der Waals surface area contributed by atoms with E-state index in [0.29, 0.717) is 17.1 Å². The van der Waals surface area contributed by atoms with E-state index in [4.69, 9.17) is 10.5 Å². The van der Waals surface area contributed by atoms with Crippen LogP contribution >= 0.6 is 0 Å². The molecule has 3 N–H and O–H groups in total. The van der Waals surface area contributed by atoms with Gasteiger partial charge in [-0.3, -0.25) is 9.59 Å². The molecule has 0 unspecified atom stereocenters. The van der Waals surface area contributed by atoms with Gasteiger partial charge in [-0.05, 0) is 31.2 Å². The van der Waals surface area contributed by atoms with Crippen LogP contribution in [0.3, 0.4) is 0 Å². The molecular weight excluding hydrogens is 286 g/mol. The Labute approximate surface area is 127 Å². The minimum absolute atomic E-state index is 0.200. The number of aromatic nitrogens is 3. The van der Waals surface area contributed by atoms with Crippen molar-refractivity contribution in [1.82, 2.24) is 20.1 Å². The summed E-state index contributed by atoms with van der Waals surface area (Å²) in [5.41, 5.74) is 5.46. The van der Waals surface area contributed by atoms with Crippen LogP contribution in [0.15, 0.2) is 30.6 Å². The molecule has 2 aromatic rings. The highest BCUT2D eigenvalue weighted by Gasteiger charge is 2.15. The standard InChI is InChI=1S/C14H17N5O3/c1-9(13-18-16-8-19(13)2)17-14(21)10-3-5-11(6-4-10)22-7-12(15)20/h3-6,8-9H,7H2,1-2H3,(H2,15,20)(H,17,21)/t9-/m1/s1. The summed E-state index contributed by atoms with van der Waals surface area (Å²) in [5.74, 6) is 0.336. The van der Waals surface area contributed by atoms with E-state index >= 15 is 0 Å². The zero-order valence-corrected chi connectivity index (χ0v) is 12.3. The van der Waals surface area contributed by atoms with Crippen molar-refractivity contribution in [2.75, 3.05) is 6.61 Å². The number of nitrogens with two attached hydrogens (primary N) is 1. The number of primary amides is 1. The van der Waals surface area contributed by atoms with E-state index in [1.165, 1.54) is 0 Å². The minimum atomic E-state index is -0.556. The predicted octanol–water partition coefficient (Wildman–Crippen LogP) is 0.170. The summed E-state index contributed by atoms with van der Waals surface area (Å²) in [6.07, 6.45) is 1.57. The average molecular weight is 303 g/mol. The lowest BCUT2D eigenvalue weighted by molar-refractivity contribution is -0.119. The molecule has 1 atom stereocenters. The van der Waals surface area contributed by atoms with E-state index in [1.54, 1.807) is 35.2 Å². The molecule has 0 saturated heterocycles. The summed E-state index contributed by atoms with van der Waals surface area (Å²) < 4.78 is 6.87. The summed E-state index contributed by atoms with van der Waals surface area (Å²) >= 11 is 0. The number of hydrogen-bond acceptors (Lipinski definition) is 5. The molecule has 0 radical (unpaired) electrons. The smallest absolute Gasteiger partial charge is 0.255 e. The molecule has 0 aliphatic carbocycles. The summed E-state index contributed by atoms with van der Waals surface area (Å²) in [7, 11) is 1.81. The van der Waals surface area contributed by atoms with Crippen molar-refractivity contribution in [2.45, 2.75) is 13.0 Å². The van der Waals surface area contributed by atoms with E-state index in [2.05, 4.69) is 15.5 Å². The Morgan fingerprint density at radius 2 is 2.05 bits per heavy atom. The van der Waals surface area contributed by atoms with Crippen molar-refractivity contribution in [3.63, 3.8) is 0 Å². The largest absolute Gasteiger partial charge is 0.484 e. The highest BCUT2D eigenvalue weighted by Crippen LogP contribution is 2.14. The molecule has 2 amide bonds. The number of carbonyl (C=O) groups is 2. The van der Waals surface area contributed by atoms with Gasteiger partial charge in [-0.15, -0.1) is 10.2 Å². The van der Waals surface area contributed by atoms with Gasteiger partial charge in [0.15, 0.2) is 12.4 Å². The summed E-state index contributed by atoms with van der Waals surface area (Å²) in [6.45, 7) is 1.63. The molecule has 0 aliphatic rings. The Morgan fingerprint density at radius 3 is 2.59 bits per heavy atom. The Balaban J connectivity index is 1.98. The first-order chi connectivity index (χ1) is 10.5. The first-order valence-electron chi connectivity index (χ1n) is 6.63. The molecule has 0 spiro atoms. The van der Waals surface area contributed by atoms with Gasteiger partial charge in [-0.25, -0.2) is 0 Å². The van der Waals surface area contributed by atoms with Gasteiger partial charge in [-0.2, -0.15) is 0 Å². The maximum Gasteiger partial charge on any atom is 0.255 e. The van der Waals surface area contributed by atoms with Gasteiger partial charge in [0.25, 0.3) is 11.8 Å². The molecule has 0 fully saturated rings. The van der Waals surface area contributed by atoms with Crippen LogP contribution in [0.25, 0.3) is 0 Å². The molecule has 0 saturated carbocycles. The third kappa shape index (κ3) is 3.81. The first-order valence-corrected chi connectivity index (χ1v) is 6.63. The number of hydrogen-bond donors (Lipinski definition) is 2. The van der Waals surface area contributed by atoms with Crippen molar-refractivity contribution in [3.05, 3.63) is 42.0 Å². The van der Waals surface area contributed by atoms with Gasteiger partial charge in [0, 0.05) is 12.6 Å². The fourth-order valence-electron chi connectivity index (χ4n) is 1.89. The highest BCUT2D eigenvalue weighted by atomic mass is 16.5. The molecular formula is C14H17N5O3. The van der Waals surface area contributed by atoms with Crippen molar-refractivity contribution in [1.29, 1.82) is 0 Å². The molecule has 22 heavy (non-hydrogen) atoms. The molecule has 1 aromatic carbocycles. The number of aryl methyl sites for hydroxylation is 1. The topological polar surface area (TPSA) is 112 Å². The van der Waals surface area contributed by atoms with E-state index in [0.717, 1.165) is 0 Å². The first kappa shape index (κ1) is 15.5. The number of rotatable bonds is 6. The van der Waals surface area contributed by atoms with Crippen LogP contribution in [0.1, 0.15) is 29.1 Å². The molecule has 2 rings (SSSR count). The van der Waals surface area contributed by atoms with Gasteiger partial charge >= 0.3 is 0 Å². The average Bonchev–Trinajstić information content (AvgIpc) is 2.91.